The van der Waals surface area contributed by atoms with Gasteiger partial charge in [0.05, 0.1) is 11.2 Å². The number of nitrogens with zero attached hydrogens (tertiary/aromatic N) is 1. The minimum Gasteiger partial charge on any atom is -0.489 e. The summed E-state index contributed by atoms with van der Waals surface area (Å²) in [6, 6.07) is 17.6. The molecule has 0 unspecified atom stereocenters. The molecule has 3 N–H and O–H groups in total. The predicted molar refractivity (Wildman–Crippen MR) is 115 cm³/mol. The summed E-state index contributed by atoms with van der Waals surface area (Å²) in [5.74, 6) is -0.0891. The Morgan fingerprint density at radius 1 is 1.13 bits per heavy atom. The maximum Gasteiger partial charge on any atom is 0.354 e. The van der Waals surface area contributed by atoms with Crippen LogP contribution in [0.25, 0.3) is 10.9 Å². The van der Waals surface area contributed by atoms with Gasteiger partial charge >= 0.3 is 11.7 Å². The number of nitrogens with one attached hydrogen (secondary N) is 2. The van der Waals surface area contributed by atoms with Gasteiger partial charge in [-0.2, -0.15) is 0 Å². The number of pyridine rings is 1. The van der Waals surface area contributed by atoms with Crippen LogP contribution in [0.5, 0.6) is 5.75 Å². The van der Waals surface area contributed by atoms with E-state index < -0.39 is 11.7 Å². The van der Waals surface area contributed by atoms with Crippen LogP contribution in [0.1, 0.15) is 27.4 Å². The molecule has 0 fully saturated rings. The van der Waals surface area contributed by atoms with Gasteiger partial charge in [0.15, 0.2) is 0 Å². The van der Waals surface area contributed by atoms with Crippen LogP contribution < -0.4 is 10.4 Å². The topological polar surface area (TPSA) is 108 Å². The third-order valence-electron chi connectivity index (χ3n) is 4.55. The monoisotopic (exact) mass is 421 g/mol. The van der Waals surface area contributed by atoms with Crippen LogP contribution >= 0.6 is 11.8 Å². The zero-order valence-corrected chi connectivity index (χ0v) is 17.0. The van der Waals surface area contributed by atoms with Gasteiger partial charge in [-0.3, -0.25) is 9.97 Å². The summed E-state index contributed by atoms with van der Waals surface area (Å²) >= 11 is 1.43. The van der Waals surface area contributed by atoms with Gasteiger partial charge in [0.25, 0.3) is 0 Å². The van der Waals surface area contributed by atoms with Crippen molar-refractivity contribution in [2.45, 2.75) is 24.2 Å². The van der Waals surface area contributed by atoms with Crippen LogP contribution in [0.3, 0.4) is 0 Å². The van der Waals surface area contributed by atoms with Crippen molar-refractivity contribution in [2.24, 2.45) is 0 Å². The van der Waals surface area contributed by atoms with E-state index in [1.54, 1.807) is 0 Å². The molecule has 2 heterocycles. The number of carboxylic acids is 1. The normalized spacial score (nSPS) is 11.0. The van der Waals surface area contributed by atoms with Crippen molar-refractivity contribution in [1.29, 1.82) is 0 Å². The van der Waals surface area contributed by atoms with E-state index in [0.717, 1.165) is 32.8 Å². The van der Waals surface area contributed by atoms with E-state index in [0.29, 0.717) is 18.1 Å². The number of carboxylic acid groups (broad SMARTS) is 1. The molecule has 4 aromatic rings. The smallest absolute Gasteiger partial charge is 0.354 e. The van der Waals surface area contributed by atoms with Crippen molar-refractivity contribution in [1.82, 2.24) is 15.0 Å². The van der Waals surface area contributed by atoms with Gasteiger partial charge in [-0.15, -0.1) is 11.8 Å². The summed E-state index contributed by atoms with van der Waals surface area (Å²) in [7, 11) is 0. The number of carbonyl (C=O) groups is 1. The molecule has 0 saturated carbocycles. The highest BCUT2D eigenvalue weighted by Crippen LogP contribution is 2.26. The first-order valence-electron chi connectivity index (χ1n) is 9.25. The molecule has 0 aliphatic heterocycles. The molecule has 0 saturated heterocycles. The maximum absolute atomic E-state index is 11.4. The minimum absolute atomic E-state index is 0.104. The average molecular weight is 421 g/mol. The largest absolute Gasteiger partial charge is 0.489 e. The number of aromatic amines is 2. The Kier molecular flexibility index (Phi) is 5.58. The number of ether oxygens (including phenoxy) is 1. The van der Waals surface area contributed by atoms with Gasteiger partial charge in [0.2, 0.25) is 0 Å². The van der Waals surface area contributed by atoms with Crippen LogP contribution in [0.4, 0.5) is 0 Å². The van der Waals surface area contributed by atoms with Crippen molar-refractivity contribution in [3.05, 3.63) is 87.7 Å². The lowest BCUT2D eigenvalue weighted by Crippen LogP contribution is -2.04. The summed E-state index contributed by atoms with van der Waals surface area (Å²) < 4.78 is 5.96. The molecule has 2 aromatic carbocycles. The molecule has 0 radical (unpaired) electrons. The number of aromatic carboxylic acids is 1. The number of aryl methyl sites for hydroxylation is 1. The molecule has 4 rings (SSSR count). The zero-order valence-electron chi connectivity index (χ0n) is 16.1. The molecular formula is C22H19N3O4S. The molecule has 0 atom stereocenters. The first kappa shape index (κ1) is 19.8. The number of hydrogen-bond acceptors (Lipinski definition) is 5. The van der Waals surface area contributed by atoms with Gasteiger partial charge in [-0.05, 0) is 43.3 Å². The van der Waals surface area contributed by atoms with Gasteiger partial charge in [0.1, 0.15) is 18.1 Å². The standard InChI is InChI=1S/C22H19N3O4S/c1-13-10-14(17-4-2-3-5-18(17)23-13)11-29-15-6-8-16(9-7-15)30-12-19-20(21(26)27)25-22(28)24-19/h2-10H,11-12H2,1H3,(H,26,27)(H2,24,25,28). The van der Waals surface area contributed by atoms with E-state index in [2.05, 4.69) is 15.0 Å². The van der Waals surface area contributed by atoms with Crippen molar-refractivity contribution in [3.8, 4) is 5.75 Å². The lowest BCUT2D eigenvalue weighted by molar-refractivity contribution is 0.0690. The Balaban J connectivity index is 1.41. The van der Waals surface area contributed by atoms with E-state index in [1.807, 2.05) is 61.5 Å². The van der Waals surface area contributed by atoms with Crippen LogP contribution in [-0.4, -0.2) is 26.0 Å². The van der Waals surface area contributed by atoms with Crippen molar-refractivity contribution >= 4 is 28.6 Å². The highest BCUT2D eigenvalue weighted by molar-refractivity contribution is 7.98. The van der Waals surface area contributed by atoms with E-state index >= 15 is 0 Å². The van der Waals surface area contributed by atoms with E-state index in [1.165, 1.54) is 11.8 Å². The fraction of sp³-hybridized carbons (Fsp3) is 0.136. The molecule has 0 aliphatic rings. The van der Waals surface area contributed by atoms with E-state index in [-0.39, 0.29) is 5.69 Å². The van der Waals surface area contributed by atoms with Crippen molar-refractivity contribution in [2.75, 3.05) is 0 Å². The van der Waals surface area contributed by atoms with Crippen LogP contribution in [0.15, 0.2) is 64.3 Å². The third-order valence-corrected chi connectivity index (χ3v) is 5.59. The molecule has 8 heteroatoms. The number of H-pyrrole nitrogens is 2. The first-order valence-corrected chi connectivity index (χ1v) is 10.2. The number of hydrogen-bond donors (Lipinski definition) is 3. The van der Waals surface area contributed by atoms with E-state index in [4.69, 9.17) is 9.84 Å². The summed E-state index contributed by atoms with van der Waals surface area (Å²) in [5.41, 5.74) is 2.71. The second-order valence-electron chi connectivity index (χ2n) is 6.73. The summed E-state index contributed by atoms with van der Waals surface area (Å²) in [6.45, 7) is 2.40. The fourth-order valence-electron chi connectivity index (χ4n) is 3.17. The molecule has 0 bridgehead atoms. The first-order chi connectivity index (χ1) is 14.5. The zero-order chi connectivity index (χ0) is 21.1. The Bertz CT molecular complexity index is 1260. The highest BCUT2D eigenvalue weighted by atomic mass is 32.2. The SMILES string of the molecule is Cc1cc(COc2ccc(SCc3[nH]c(=O)[nH]c3C(=O)O)cc2)c2ccccc2n1. The highest BCUT2D eigenvalue weighted by Gasteiger charge is 2.14. The molecule has 0 amide bonds. The summed E-state index contributed by atoms with van der Waals surface area (Å²) in [6.07, 6.45) is 0. The Morgan fingerprint density at radius 2 is 1.90 bits per heavy atom. The second-order valence-corrected chi connectivity index (χ2v) is 7.78. The molecular weight excluding hydrogens is 402 g/mol. The lowest BCUT2D eigenvalue weighted by atomic mass is 10.1. The average Bonchev–Trinajstić information content (AvgIpc) is 3.12. The van der Waals surface area contributed by atoms with Crippen LogP contribution in [-0.2, 0) is 12.4 Å². The Labute approximate surface area is 176 Å². The Morgan fingerprint density at radius 3 is 2.67 bits per heavy atom. The fourth-order valence-corrected chi connectivity index (χ4v) is 4.03. The third kappa shape index (κ3) is 4.38. The van der Waals surface area contributed by atoms with Crippen molar-refractivity contribution < 1.29 is 14.6 Å². The molecule has 2 aromatic heterocycles. The molecule has 30 heavy (non-hydrogen) atoms. The molecule has 152 valence electrons. The molecule has 0 spiro atoms. The molecule has 0 aliphatic carbocycles. The van der Waals surface area contributed by atoms with Crippen LogP contribution in [0, 0.1) is 6.92 Å². The number of aromatic nitrogens is 3. The number of benzene rings is 2. The van der Waals surface area contributed by atoms with Gasteiger partial charge in [-0.25, -0.2) is 9.59 Å². The van der Waals surface area contributed by atoms with Crippen molar-refractivity contribution in [3.63, 3.8) is 0 Å². The lowest BCUT2D eigenvalue weighted by Gasteiger charge is -2.10. The number of imidazole rings is 1. The number of fused-ring (bicyclic) bond motifs is 1. The van der Waals surface area contributed by atoms with Gasteiger partial charge < -0.3 is 14.8 Å². The predicted octanol–water partition coefficient (Wildman–Crippen LogP) is 4.13. The maximum atomic E-state index is 11.4. The Hall–Kier alpha value is -3.52. The summed E-state index contributed by atoms with van der Waals surface area (Å²) in [4.78, 5) is 32.8. The van der Waals surface area contributed by atoms with Gasteiger partial charge in [-0.1, -0.05) is 18.2 Å². The number of thioether (sulfide) groups is 1. The quantitative estimate of drug-likeness (QED) is 0.387. The second kappa shape index (κ2) is 8.46. The summed E-state index contributed by atoms with van der Waals surface area (Å²) in [5, 5.41) is 10.2. The van der Waals surface area contributed by atoms with Crippen LogP contribution in [0.2, 0.25) is 0 Å². The number of para-hydroxylation sites is 1. The van der Waals surface area contributed by atoms with Gasteiger partial charge in [0, 0.05) is 27.3 Å². The molecule has 7 nitrogen and oxygen atoms in total. The van der Waals surface area contributed by atoms with E-state index in [9.17, 15) is 9.59 Å². The number of rotatable bonds is 7. The minimum atomic E-state index is -1.16.